The van der Waals surface area contributed by atoms with Gasteiger partial charge in [0, 0.05) is 17.7 Å². The summed E-state index contributed by atoms with van der Waals surface area (Å²) in [4.78, 5) is 29.6. The van der Waals surface area contributed by atoms with Gasteiger partial charge in [-0.1, -0.05) is 42.5 Å². The zero-order chi connectivity index (χ0) is 22.1. The summed E-state index contributed by atoms with van der Waals surface area (Å²) in [6.45, 7) is 0.370. The number of fused-ring (bicyclic) bond motifs is 3. The summed E-state index contributed by atoms with van der Waals surface area (Å²) in [6, 6.07) is 21.9. The number of rotatable bonds is 5. The second-order valence-electron chi connectivity index (χ2n) is 7.27. The fourth-order valence-corrected chi connectivity index (χ4v) is 3.59. The molecule has 0 fully saturated rings. The smallest absolute Gasteiger partial charge is 0.281 e. The van der Waals surface area contributed by atoms with Crippen LogP contribution in [0.25, 0.3) is 27.8 Å². The van der Waals surface area contributed by atoms with Crippen LogP contribution < -0.4 is 15.6 Å². The quantitative estimate of drug-likeness (QED) is 0.450. The predicted molar refractivity (Wildman–Crippen MR) is 121 cm³/mol. The second-order valence-corrected chi connectivity index (χ2v) is 7.27. The average molecular weight is 425 g/mol. The second kappa shape index (κ2) is 7.99. The van der Waals surface area contributed by atoms with E-state index in [-0.39, 0.29) is 11.5 Å². The molecular formula is C24H19N5O3. The lowest BCUT2D eigenvalue weighted by Crippen LogP contribution is -2.23. The summed E-state index contributed by atoms with van der Waals surface area (Å²) in [5, 5.41) is 10.6. The number of aromatic amines is 1. The first-order valence-corrected chi connectivity index (χ1v) is 10.0. The summed E-state index contributed by atoms with van der Waals surface area (Å²) < 4.78 is 6.78. The molecule has 0 saturated heterocycles. The van der Waals surface area contributed by atoms with E-state index in [0.717, 1.165) is 16.9 Å². The van der Waals surface area contributed by atoms with Gasteiger partial charge in [-0.3, -0.25) is 9.59 Å². The molecule has 5 rings (SSSR count). The van der Waals surface area contributed by atoms with Crippen molar-refractivity contribution >= 4 is 22.5 Å². The highest BCUT2D eigenvalue weighted by Crippen LogP contribution is 2.22. The van der Waals surface area contributed by atoms with Gasteiger partial charge in [-0.15, -0.1) is 0 Å². The first kappa shape index (κ1) is 19.5. The molecule has 2 heterocycles. The molecule has 0 aliphatic heterocycles. The third kappa shape index (κ3) is 3.47. The Hall–Kier alpha value is -4.46. The SMILES string of the molecule is COc1ccc(CNC(=O)c2ccc3c(=O)nc4c(-c5ccccc5)n[nH]n4c3c2)cc1. The zero-order valence-electron chi connectivity index (χ0n) is 17.2. The number of carbonyl (C=O) groups is 1. The Morgan fingerprint density at radius 3 is 2.59 bits per heavy atom. The monoisotopic (exact) mass is 425 g/mol. The molecule has 3 aromatic carbocycles. The first-order valence-electron chi connectivity index (χ1n) is 10.0. The van der Waals surface area contributed by atoms with Crippen molar-refractivity contribution in [1.82, 2.24) is 25.1 Å². The van der Waals surface area contributed by atoms with E-state index in [1.54, 1.807) is 29.8 Å². The van der Waals surface area contributed by atoms with Gasteiger partial charge in [0.05, 0.1) is 18.0 Å². The van der Waals surface area contributed by atoms with Crippen LogP contribution >= 0.6 is 0 Å². The number of aromatic nitrogens is 4. The highest BCUT2D eigenvalue weighted by molar-refractivity contribution is 5.98. The fraction of sp³-hybridized carbons (Fsp3) is 0.0833. The molecule has 0 radical (unpaired) electrons. The van der Waals surface area contributed by atoms with Gasteiger partial charge in [0.2, 0.25) is 0 Å². The molecule has 0 atom stereocenters. The van der Waals surface area contributed by atoms with Crippen molar-refractivity contribution in [2.24, 2.45) is 0 Å². The van der Waals surface area contributed by atoms with Crippen molar-refractivity contribution in [1.29, 1.82) is 0 Å². The van der Waals surface area contributed by atoms with Crippen LogP contribution in [0, 0.1) is 0 Å². The van der Waals surface area contributed by atoms with Crippen molar-refractivity contribution in [3.8, 4) is 17.0 Å². The summed E-state index contributed by atoms with van der Waals surface area (Å²) in [6.07, 6.45) is 0. The van der Waals surface area contributed by atoms with Crippen LogP contribution in [0.1, 0.15) is 15.9 Å². The molecule has 5 aromatic rings. The predicted octanol–water partition coefficient (Wildman–Crippen LogP) is 3.18. The molecule has 1 amide bonds. The number of hydrogen-bond acceptors (Lipinski definition) is 5. The lowest BCUT2D eigenvalue weighted by atomic mass is 10.1. The summed E-state index contributed by atoms with van der Waals surface area (Å²) >= 11 is 0. The number of carbonyl (C=O) groups excluding carboxylic acids is 1. The Morgan fingerprint density at radius 2 is 1.84 bits per heavy atom. The fourth-order valence-electron chi connectivity index (χ4n) is 3.59. The van der Waals surface area contributed by atoms with Crippen molar-refractivity contribution in [2.45, 2.75) is 6.54 Å². The molecular weight excluding hydrogens is 406 g/mol. The lowest BCUT2D eigenvalue weighted by molar-refractivity contribution is 0.0951. The van der Waals surface area contributed by atoms with Gasteiger partial charge in [0.15, 0.2) is 5.65 Å². The van der Waals surface area contributed by atoms with E-state index in [2.05, 4.69) is 20.6 Å². The Bertz CT molecular complexity index is 1490. The summed E-state index contributed by atoms with van der Waals surface area (Å²) in [7, 11) is 1.61. The summed E-state index contributed by atoms with van der Waals surface area (Å²) in [5.74, 6) is 0.510. The molecule has 0 spiro atoms. The van der Waals surface area contributed by atoms with Gasteiger partial charge in [-0.05, 0) is 35.9 Å². The van der Waals surface area contributed by atoms with E-state index in [9.17, 15) is 9.59 Å². The van der Waals surface area contributed by atoms with Gasteiger partial charge in [-0.2, -0.15) is 10.1 Å². The van der Waals surface area contributed by atoms with E-state index in [4.69, 9.17) is 4.74 Å². The molecule has 32 heavy (non-hydrogen) atoms. The van der Waals surface area contributed by atoms with Crippen LogP contribution in [0.3, 0.4) is 0 Å². The number of methoxy groups -OCH3 is 1. The third-order valence-corrected chi connectivity index (χ3v) is 5.28. The Balaban J connectivity index is 1.49. The van der Waals surface area contributed by atoms with Crippen molar-refractivity contribution in [3.05, 3.63) is 94.3 Å². The minimum absolute atomic E-state index is 0.247. The van der Waals surface area contributed by atoms with Crippen LogP contribution in [0.15, 0.2) is 77.6 Å². The normalized spacial score (nSPS) is 11.0. The highest BCUT2D eigenvalue weighted by atomic mass is 16.5. The maximum Gasteiger partial charge on any atom is 0.281 e. The van der Waals surface area contributed by atoms with Gasteiger partial charge >= 0.3 is 0 Å². The molecule has 0 bridgehead atoms. The van der Waals surface area contributed by atoms with Crippen molar-refractivity contribution in [2.75, 3.05) is 7.11 Å². The molecule has 0 aliphatic rings. The number of H-pyrrole nitrogens is 1. The molecule has 0 aliphatic carbocycles. The minimum Gasteiger partial charge on any atom is -0.497 e. The van der Waals surface area contributed by atoms with E-state index < -0.39 is 0 Å². The van der Waals surface area contributed by atoms with E-state index >= 15 is 0 Å². The topological polar surface area (TPSA) is 101 Å². The Morgan fingerprint density at radius 1 is 1.06 bits per heavy atom. The molecule has 158 valence electrons. The van der Waals surface area contributed by atoms with Crippen LogP contribution in [-0.4, -0.2) is 32.8 Å². The van der Waals surface area contributed by atoms with E-state index in [0.29, 0.717) is 34.4 Å². The van der Waals surface area contributed by atoms with Gasteiger partial charge in [0.25, 0.3) is 11.5 Å². The Labute approximate surface area is 182 Å². The maximum atomic E-state index is 12.8. The minimum atomic E-state index is -0.372. The van der Waals surface area contributed by atoms with E-state index in [1.165, 1.54) is 0 Å². The van der Waals surface area contributed by atoms with Crippen molar-refractivity contribution < 1.29 is 9.53 Å². The molecule has 2 N–H and O–H groups in total. The third-order valence-electron chi connectivity index (χ3n) is 5.28. The molecule has 8 nitrogen and oxygen atoms in total. The zero-order valence-corrected chi connectivity index (χ0v) is 17.2. The van der Waals surface area contributed by atoms with Crippen LogP contribution in [-0.2, 0) is 6.54 Å². The van der Waals surface area contributed by atoms with Crippen LogP contribution in [0.2, 0.25) is 0 Å². The maximum absolute atomic E-state index is 12.8. The number of nitrogens with zero attached hydrogens (tertiary/aromatic N) is 3. The molecule has 0 unspecified atom stereocenters. The number of amides is 1. The number of nitrogens with one attached hydrogen (secondary N) is 2. The largest absolute Gasteiger partial charge is 0.497 e. The molecule has 0 saturated carbocycles. The average Bonchev–Trinajstić information content (AvgIpc) is 3.27. The number of benzene rings is 3. The lowest BCUT2D eigenvalue weighted by Gasteiger charge is -2.08. The highest BCUT2D eigenvalue weighted by Gasteiger charge is 2.15. The van der Waals surface area contributed by atoms with Crippen LogP contribution in [0.5, 0.6) is 5.75 Å². The number of hydrogen-bond donors (Lipinski definition) is 2. The van der Waals surface area contributed by atoms with Gasteiger partial charge in [0.1, 0.15) is 11.4 Å². The first-order chi connectivity index (χ1) is 15.6. The van der Waals surface area contributed by atoms with Crippen molar-refractivity contribution in [3.63, 3.8) is 0 Å². The molecule has 2 aromatic heterocycles. The summed E-state index contributed by atoms with van der Waals surface area (Å²) in [5.41, 5.74) is 3.36. The van der Waals surface area contributed by atoms with Crippen LogP contribution in [0.4, 0.5) is 0 Å². The van der Waals surface area contributed by atoms with Gasteiger partial charge in [-0.25, -0.2) is 9.73 Å². The number of ether oxygens (including phenoxy) is 1. The Kier molecular flexibility index (Phi) is 4.87. The molecule has 8 heteroatoms. The standard InChI is InChI=1S/C24H19N5O3/c1-32-18-10-7-15(8-11-18)14-25-23(30)17-9-12-19-20(13-17)29-22(26-24(19)31)21(27-28-29)16-5-3-2-4-6-16/h2-13,28H,14H2,1H3,(H,25,30). The van der Waals surface area contributed by atoms with Gasteiger partial charge < -0.3 is 10.1 Å². The van der Waals surface area contributed by atoms with E-state index in [1.807, 2.05) is 54.6 Å².